The first kappa shape index (κ1) is 30.2. The molecule has 0 radical (unpaired) electrons. The number of unbranched alkanes of at least 4 members (excludes halogenated alkanes) is 2. The van der Waals surface area contributed by atoms with Crippen LogP contribution in [0.15, 0.2) is 42.7 Å². The van der Waals surface area contributed by atoms with Crippen molar-refractivity contribution in [2.24, 2.45) is 0 Å². The molecule has 2 aliphatic heterocycles. The molecule has 4 amide bonds. The zero-order chi connectivity index (χ0) is 30.5. The number of ether oxygens (including phenoxy) is 2. The normalized spacial score (nSPS) is 17.6. The summed E-state index contributed by atoms with van der Waals surface area (Å²) in [5.74, 6) is 1.11. The van der Waals surface area contributed by atoms with E-state index in [4.69, 9.17) is 9.47 Å². The third kappa shape index (κ3) is 6.55. The molecule has 1 atom stereocenters. The van der Waals surface area contributed by atoms with Gasteiger partial charge in [-0.1, -0.05) is 19.8 Å². The smallest absolute Gasteiger partial charge is 0.324 e. The number of aromatic nitrogens is 2. The van der Waals surface area contributed by atoms with Crippen molar-refractivity contribution >= 4 is 34.6 Å². The topological polar surface area (TPSA) is 100 Å². The highest BCUT2D eigenvalue weighted by molar-refractivity contribution is 5.93. The summed E-state index contributed by atoms with van der Waals surface area (Å²) < 4.78 is 13.3. The lowest BCUT2D eigenvalue weighted by atomic mass is 10.1. The quantitative estimate of drug-likeness (QED) is 0.311. The summed E-state index contributed by atoms with van der Waals surface area (Å²) in [6.07, 6.45) is 7.58. The molecule has 0 bridgehead atoms. The summed E-state index contributed by atoms with van der Waals surface area (Å²) in [5.41, 5.74) is 2.42. The molecule has 5 rings (SSSR count). The van der Waals surface area contributed by atoms with Crippen LogP contribution in [0.3, 0.4) is 0 Å². The molecular formula is C32H42N6O5. The molecule has 4 heterocycles. The van der Waals surface area contributed by atoms with Gasteiger partial charge in [-0.15, -0.1) is 0 Å². The van der Waals surface area contributed by atoms with Crippen LogP contribution in [-0.2, 0) is 22.7 Å². The summed E-state index contributed by atoms with van der Waals surface area (Å²) in [5, 5.41) is 0.898. The average molecular weight is 591 g/mol. The van der Waals surface area contributed by atoms with Crippen LogP contribution < -0.4 is 14.4 Å². The molecular weight excluding hydrogens is 548 g/mol. The number of nitrogens with zero attached hydrogens (tertiary/aromatic N) is 6. The van der Waals surface area contributed by atoms with Crippen LogP contribution in [0.25, 0.3) is 11.0 Å². The molecule has 2 aliphatic rings. The molecule has 0 N–H and O–H groups in total. The van der Waals surface area contributed by atoms with Crippen LogP contribution in [0.5, 0.6) is 11.5 Å². The highest BCUT2D eigenvalue weighted by Crippen LogP contribution is 2.34. The number of piperazine rings is 1. The fourth-order valence-electron chi connectivity index (χ4n) is 5.73. The summed E-state index contributed by atoms with van der Waals surface area (Å²) in [4.78, 5) is 50.6. The minimum atomic E-state index is -0.118. The largest absolute Gasteiger partial charge is 0.493 e. The van der Waals surface area contributed by atoms with Gasteiger partial charge < -0.3 is 28.7 Å². The highest BCUT2D eigenvalue weighted by atomic mass is 16.5. The van der Waals surface area contributed by atoms with Gasteiger partial charge in [0.15, 0.2) is 11.5 Å². The van der Waals surface area contributed by atoms with Crippen LogP contribution in [0.4, 0.5) is 10.5 Å². The van der Waals surface area contributed by atoms with Gasteiger partial charge in [-0.3, -0.25) is 14.5 Å². The second-order valence-corrected chi connectivity index (χ2v) is 11.4. The van der Waals surface area contributed by atoms with Gasteiger partial charge in [0, 0.05) is 68.8 Å². The highest BCUT2D eigenvalue weighted by Gasteiger charge is 2.31. The van der Waals surface area contributed by atoms with E-state index >= 15 is 0 Å². The number of carbonyl (C=O) groups excluding carboxylic acids is 3. The molecule has 11 heteroatoms. The molecule has 230 valence electrons. The lowest BCUT2D eigenvalue weighted by molar-refractivity contribution is -0.147. The maximum absolute atomic E-state index is 13.7. The van der Waals surface area contributed by atoms with Crippen molar-refractivity contribution in [3.05, 3.63) is 48.3 Å². The zero-order valence-corrected chi connectivity index (χ0v) is 25.6. The minimum Gasteiger partial charge on any atom is -0.493 e. The van der Waals surface area contributed by atoms with E-state index < -0.39 is 0 Å². The third-order valence-electron chi connectivity index (χ3n) is 8.41. The van der Waals surface area contributed by atoms with E-state index in [1.165, 1.54) is 0 Å². The standard InChI is InChI=1S/C32H42N6O5/c1-5-6-7-17-43-28-18-25(9-10-27(28)42-4)38-15-8-14-36(32(38)41)20-24-11-13-33-31-26(24)12-16-35(31)22-30(40)37-19-23(2)34(3)29(39)21-37/h9-13,16,18,23H,5-8,14-15,17,19-22H2,1-4H3. The van der Waals surface area contributed by atoms with Crippen molar-refractivity contribution in [1.29, 1.82) is 0 Å². The van der Waals surface area contributed by atoms with E-state index in [1.54, 1.807) is 35.1 Å². The van der Waals surface area contributed by atoms with E-state index in [2.05, 4.69) is 11.9 Å². The van der Waals surface area contributed by atoms with E-state index in [9.17, 15) is 14.4 Å². The number of benzene rings is 1. The lowest BCUT2D eigenvalue weighted by Gasteiger charge is -2.37. The van der Waals surface area contributed by atoms with Crippen LogP contribution >= 0.6 is 0 Å². The summed E-state index contributed by atoms with van der Waals surface area (Å²) in [7, 11) is 3.39. The summed E-state index contributed by atoms with van der Waals surface area (Å²) >= 11 is 0. The van der Waals surface area contributed by atoms with Crippen LogP contribution in [0.1, 0.15) is 45.1 Å². The molecule has 1 unspecified atom stereocenters. The SMILES string of the molecule is CCCCCOc1cc(N2CCCN(Cc3ccnc4c3ccn4CC(=O)N3CC(=O)N(C)C(C)C3)C2=O)ccc1OC. The number of hydrogen-bond acceptors (Lipinski definition) is 6. The van der Waals surface area contributed by atoms with Gasteiger partial charge in [-0.25, -0.2) is 9.78 Å². The first-order valence-corrected chi connectivity index (χ1v) is 15.1. The number of carbonyl (C=O) groups is 3. The monoisotopic (exact) mass is 590 g/mol. The summed E-state index contributed by atoms with van der Waals surface area (Å²) in [6, 6.07) is 9.42. The Balaban J connectivity index is 1.29. The Kier molecular flexibility index (Phi) is 9.37. The van der Waals surface area contributed by atoms with E-state index in [0.717, 1.165) is 42.3 Å². The van der Waals surface area contributed by atoms with Crippen molar-refractivity contribution in [3.63, 3.8) is 0 Å². The van der Waals surface area contributed by atoms with E-state index in [0.29, 0.717) is 49.9 Å². The number of methoxy groups -OCH3 is 1. The van der Waals surface area contributed by atoms with Gasteiger partial charge >= 0.3 is 6.03 Å². The first-order chi connectivity index (χ1) is 20.8. The fraction of sp³-hybridized carbons (Fsp3) is 0.500. The Morgan fingerprint density at radius 1 is 1.09 bits per heavy atom. The predicted molar refractivity (Wildman–Crippen MR) is 164 cm³/mol. The number of pyridine rings is 1. The maximum atomic E-state index is 13.7. The van der Waals surface area contributed by atoms with Crippen LogP contribution in [-0.4, -0.2) is 95.1 Å². The molecule has 1 aromatic carbocycles. The number of anilines is 1. The minimum absolute atomic E-state index is 0.0270. The zero-order valence-electron chi connectivity index (χ0n) is 25.6. The second kappa shape index (κ2) is 13.4. The Hall–Kier alpha value is -4.28. The van der Waals surface area contributed by atoms with E-state index in [-0.39, 0.29) is 37.0 Å². The molecule has 0 saturated carbocycles. The number of urea groups is 1. The van der Waals surface area contributed by atoms with Crippen molar-refractivity contribution in [3.8, 4) is 11.5 Å². The maximum Gasteiger partial charge on any atom is 0.324 e. The number of amides is 4. The molecule has 11 nitrogen and oxygen atoms in total. The third-order valence-corrected chi connectivity index (χ3v) is 8.41. The number of rotatable bonds is 11. The van der Waals surface area contributed by atoms with Gasteiger partial charge in [-0.05, 0) is 49.6 Å². The van der Waals surface area contributed by atoms with Gasteiger partial charge in [0.2, 0.25) is 11.8 Å². The molecule has 0 spiro atoms. The molecule has 2 aromatic heterocycles. The Morgan fingerprint density at radius 3 is 2.70 bits per heavy atom. The van der Waals surface area contributed by atoms with Gasteiger partial charge in [0.1, 0.15) is 12.2 Å². The van der Waals surface area contributed by atoms with Gasteiger partial charge in [0.25, 0.3) is 0 Å². The Labute approximate surface area is 252 Å². The predicted octanol–water partition coefficient (Wildman–Crippen LogP) is 4.14. The van der Waals surface area contributed by atoms with Gasteiger partial charge in [-0.2, -0.15) is 0 Å². The van der Waals surface area contributed by atoms with Crippen LogP contribution in [0, 0.1) is 0 Å². The van der Waals surface area contributed by atoms with Crippen molar-refractivity contribution < 1.29 is 23.9 Å². The number of fused-ring (bicyclic) bond motifs is 1. The second-order valence-electron chi connectivity index (χ2n) is 11.4. The molecule has 43 heavy (non-hydrogen) atoms. The van der Waals surface area contributed by atoms with Crippen LogP contribution in [0.2, 0.25) is 0 Å². The molecule has 0 aliphatic carbocycles. The van der Waals surface area contributed by atoms with Gasteiger partial charge in [0.05, 0.1) is 20.3 Å². The Morgan fingerprint density at radius 2 is 1.93 bits per heavy atom. The number of hydrogen-bond donors (Lipinski definition) is 0. The molecule has 3 aromatic rings. The molecule has 2 fully saturated rings. The van der Waals surface area contributed by atoms with E-state index in [1.807, 2.05) is 52.9 Å². The fourth-order valence-corrected chi connectivity index (χ4v) is 5.73. The first-order valence-electron chi connectivity index (χ1n) is 15.1. The van der Waals surface area contributed by atoms with Crippen molar-refractivity contribution in [1.82, 2.24) is 24.3 Å². The average Bonchev–Trinajstić information content (AvgIpc) is 3.42. The van der Waals surface area contributed by atoms with Crippen molar-refractivity contribution in [2.75, 3.05) is 51.8 Å². The lowest BCUT2D eigenvalue weighted by Crippen LogP contribution is -2.55. The summed E-state index contributed by atoms with van der Waals surface area (Å²) in [6.45, 7) is 7.08. The Bertz CT molecular complexity index is 1470. The number of likely N-dealkylation sites (N-methyl/N-ethyl adjacent to an activating group) is 1. The molecule has 2 saturated heterocycles. The van der Waals surface area contributed by atoms with Crippen molar-refractivity contribution in [2.45, 2.75) is 58.7 Å².